The standard InChI is InChI=1S/C14H13BrN2O3/c1-9(16)10-2-7-14(13(15)8-10)20-12-5-3-11(4-6-12)17(18)19/h2-9H,16H2,1H3. The van der Waals surface area contributed by atoms with Gasteiger partial charge in [0.2, 0.25) is 0 Å². The highest BCUT2D eigenvalue weighted by Crippen LogP contribution is 2.32. The van der Waals surface area contributed by atoms with Crippen LogP contribution < -0.4 is 10.5 Å². The minimum atomic E-state index is -0.447. The zero-order chi connectivity index (χ0) is 14.7. The first kappa shape index (κ1) is 14.5. The van der Waals surface area contributed by atoms with E-state index < -0.39 is 4.92 Å². The van der Waals surface area contributed by atoms with E-state index in [4.69, 9.17) is 10.5 Å². The van der Waals surface area contributed by atoms with Crippen LogP contribution in [0.25, 0.3) is 0 Å². The largest absolute Gasteiger partial charge is 0.456 e. The Hall–Kier alpha value is -1.92. The second-order valence-corrected chi connectivity index (χ2v) is 5.19. The molecule has 0 saturated carbocycles. The Labute approximate surface area is 124 Å². The summed E-state index contributed by atoms with van der Waals surface area (Å²) in [5, 5.41) is 10.6. The SMILES string of the molecule is CC(N)c1ccc(Oc2ccc([N+](=O)[O-])cc2)c(Br)c1. The van der Waals surface area contributed by atoms with E-state index in [2.05, 4.69) is 15.9 Å². The van der Waals surface area contributed by atoms with Gasteiger partial charge in [0.05, 0.1) is 9.40 Å². The fourth-order valence-corrected chi connectivity index (χ4v) is 2.12. The minimum absolute atomic E-state index is 0.0312. The van der Waals surface area contributed by atoms with E-state index in [0.29, 0.717) is 11.5 Å². The van der Waals surface area contributed by atoms with Gasteiger partial charge in [-0.15, -0.1) is 0 Å². The van der Waals surface area contributed by atoms with Crippen molar-refractivity contribution in [1.82, 2.24) is 0 Å². The summed E-state index contributed by atoms with van der Waals surface area (Å²) >= 11 is 3.42. The maximum absolute atomic E-state index is 10.6. The van der Waals surface area contributed by atoms with Crippen LogP contribution in [0.2, 0.25) is 0 Å². The van der Waals surface area contributed by atoms with Gasteiger partial charge in [0.25, 0.3) is 5.69 Å². The van der Waals surface area contributed by atoms with E-state index in [1.807, 2.05) is 25.1 Å². The Morgan fingerprint density at radius 3 is 2.40 bits per heavy atom. The number of non-ortho nitro benzene ring substituents is 1. The summed E-state index contributed by atoms with van der Waals surface area (Å²) in [7, 11) is 0. The highest BCUT2D eigenvalue weighted by atomic mass is 79.9. The summed E-state index contributed by atoms with van der Waals surface area (Å²) in [5.41, 5.74) is 6.83. The maximum atomic E-state index is 10.6. The molecule has 6 heteroatoms. The van der Waals surface area contributed by atoms with Gasteiger partial charge in [-0.1, -0.05) is 6.07 Å². The van der Waals surface area contributed by atoms with Gasteiger partial charge < -0.3 is 10.5 Å². The molecule has 20 heavy (non-hydrogen) atoms. The number of halogens is 1. The fourth-order valence-electron chi connectivity index (χ4n) is 1.65. The van der Waals surface area contributed by atoms with Crippen LogP contribution in [0, 0.1) is 10.1 Å². The molecule has 0 aliphatic carbocycles. The zero-order valence-corrected chi connectivity index (χ0v) is 12.3. The van der Waals surface area contributed by atoms with Crippen LogP contribution in [0.15, 0.2) is 46.9 Å². The van der Waals surface area contributed by atoms with Gasteiger partial charge >= 0.3 is 0 Å². The van der Waals surface area contributed by atoms with Crippen LogP contribution in [-0.2, 0) is 0 Å². The monoisotopic (exact) mass is 336 g/mol. The van der Waals surface area contributed by atoms with Gasteiger partial charge in [0.15, 0.2) is 0 Å². The third-order valence-electron chi connectivity index (χ3n) is 2.76. The molecule has 1 unspecified atom stereocenters. The predicted octanol–water partition coefficient (Wildman–Crippen LogP) is 4.17. The number of nitro groups is 1. The zero-order valence-electron chi connectivity index (χ0n) is 10.7. The maximum Gasteiger partial charge on any atom is 0.269 e. The number of benzene rings is 2. The molecule has 0 aliphatic rings. The number of nitro benzene ring substituents is 1. The first-order chi connectivity index (χ1) is 9.47. The third kappa shape index (κ3) is 3.34. The molecule has 1 atom stereocenters. The Morgan fingerprint density at radius 1 is 1.25 bits per heavy atom. The van der Waals surface area contributed by atoms with E-state index in [-0.39, 0.29) is 11.7 Å². The molecule has 0 fully saturated rings. The van der Waals surface area contributed by atoms with Gasteiger partial charge in [0.1, 0.15) is 11.5 Å². The molecule has 104 valence electrons. The second-order valence-electron chi connectivity index (χ2n) is 4.33. The van der Waals surface area contributed by atoms with Gasteiger partial charge in [-0.25, -0.2) is 0 Å². The van der Waals surface area contributed by atoms with E-state index >= 15 is 0 Å². The molecule has 0 saturated heterocycles. The van der Waals surface area contributed by atoms with Crippen LogP contribution in [0.5, 0.6) is 11.5 Å². The third-order valence-corrected chi connectivity index (χ3v) is 3.38. The lowest BCUT2D eigenvalue weighted by Gasteiger charge is -2.11. The van der Waals surface area contributed by atoms with Crippen molar-refractivity contribution in [2.45, 2.75) is 13.0 Å². The van der Waals surface area contributed by atoms with Crippen molar-refractivity contribution in [3.8, 4) is 11.5 Å². The lowest BCUT2D eigenvalue weighted by molar-refractivity contribution is -0.384. The van der Waals surface area contributed by atoms with Crippen molar-refractivity contribution in [3.63, 3.8) is 0 Å². The molecular weight excluding hydrogens is 324 g/mol. The highest BCUT2D eigenvalue weighted by molar-refractivity contribution is 9.10. The van der Waals surface area contributed by atoms with Crippen LogP contribution in [0.3, 0.4) is 0 Å². The molecule has 0 bridgehead atoms. The second kappa shape index (κ2) is 6.02. The van der Waals surface area contributed by atoms with Gasteiger partial charge in [-0.3, -0.25) is 10.1 Å². The average molecular weight is 337 g/mol. The Kier molecular flexibility index (Phi) is 4.36. The van der Waals surface area contributed by atoms with Crippen LogP contribution >= 0.6 is 15.9 Å². The number of hydrogen-bond acceptors (Lipinski definition) is 4. The molecule has 0 spiro atoms. The molecule has 2 rings (SSSR count). The summed E-state index contributed by atoms with van der Waals surface area (Å²) in [4.78, 5) is 10.1. The highest BCUT2D eigenvalue weighted by Gasteiger charge is 2.08. The number of rotatable bonds is 4. The molecule has 0 amide bonds. The summed E-state index contributed by atoms with van der Waals surface area (Å²) < 4.78 is 6.45. The molecule has 0 aromatic heterocycles. The minimum Gasteiger partial charge on any atom is -0.456 e. The molecule has 2 N–H and O–H groups in total. The molecule has 5 nitrogen and oxygen atoms in total. The van der Waals surface area contributed by atoms with E-state index in [0.717, 1.165) is 10.0 Å². The predicted molar refractivity (Wildman–Crippen MR) is 79.9 cm³/mol. The molecule has 0 radical (unpaired) electrons. The summed E-state index contributed by atoms with van der Waals surface area (Å²) in [5.74, 6) is 1.16. The number of nitrogens with zero attached hydrogens (tertiary/aromatic N) is 1. The van der Waals surface area contributed by atoms with Crippen molar-refractivity contribution in [3.05, 3.63) is 62.6 Å². The topological polar surface area (TPSA) is 78.4 Å². The van der Waals surface area contributed by atoms with Crippen molar-refractivity contribution in [2.75, 3.05) is 0 Å². The van der Waals surface area contributed by atoms with Gasteiger partial charge in [-0.05, 0) is 52.7 Å². The lowest BCUT2D eigenvalue weighted by atomic mass is 10.1. The first-order valence-corrected chi connectivity index (χ1v) is 6.74. The van der Waals surface area contributed by atoms with Crippen molar-refractivity contribution in [1.29, 1.82) is 0 Å². The molecule has 0 aliphatic heterocycles. The Morgan fingerprint density at radius 2 is 1.90 bits per heavy atom. The van der Waals surface area contributed by atoms with Crippen LogP contribution in [-0.4, -0.2) is 4.92 Å². The van der Waals surface area contributed by atoms with E-state index in [1.165, 1.54) is 12.1 Å². The smallest absolute Gasteiger partial charge is 0.269 e. The summed E-state index contributed by atoms with van der Waals surface area (Å²) in [6.45, 7) is 1.90. The molecule has 2 aromatic carbocycles. The molecule has 2 aromatic rings. The van der Waals surface area contributed by atoms with Gasteiger partial charge in [0, 0.05) is 18.2 Å². The number of hydrogen-bond donors (Lipinski definition) is 1. The van der Waals surface area contributed by atoms with Crippen molar-refractivity contribution in [2.24, 2.45) is 5.73 Å². The normalized spacial score (nSPS) is 11.9. The average Bonchev–Trinajstić information content (AvgIpc) is 2.41. The lowest BCUT2D eigenvalue weighted by Crippen LogP contribution is -2.04. The van der Waals surface area contributed by atoms with Gasteiger partial charge in [-0.2, -0.15) is 0 Å². The number of ether oxygens (including phenoxy) is 1. The molecule has 0 heterocycles. The fraction of sp³-hybridized carbons (Fsp3) is 0.143. The molecular formula is C14H13BrN2O3. The summed E-state index contributed by atoms with van der Waals surface area (Å²) in [6.07, 6.45) is 0. The van der Waals surface area contributed by atoms with Crippen molar-refractivity contribution >= 4 is 21.6 Å². The Balaban J connectivity index is 2.19. The van der Waals surface area contributed by atoms with Crippen LogP contribution in [0.4, 0.5) is 5.69 Å². The summed E-state index contributed by atoms with van der Waals surface area (Å²) in [6, 6.07) is 11.5. The van der Waals surface area contributed by atoms with E-state index in [9.17, 15) is 10.1 Å². The number of nitrogens with two attached hydrogens (primary N) is 1. The van der Waals surface area contributed by atoms with E-state index in [1.54, 1.807) is 12.1 Å². The quantitative estimate of drug-likeness (QED) is 0.671. The first-order valence-electron chi connectivity index (χ1n) is 5.94. The van der Waals surface area contributed by atoms with Crippen LogP contribution in [0.1, 0.15) is 18.5 Å². The van der Waals surface area contributed by atoms with Crippen molar-refractivity contribution < 1.29 is 9.66 Å². The Bertz CT molecular complexity index is 627.